The van der Waals surface area contributed by atoms with Crippen molar-refractivity contribution in [2.24, 2.45) is 0 Å². The molecule has 0 atom stereocenters. The van der Waals surface area contributed by atoms with E-state index in [1.807, 2.05) is 18.2 Å². The van der Waals surface area contributed by atoms with Crippen molar-refractivity contribution < 1.29 is 9.13 Å². The summed E-state index contributed by atoms with van der Waals surface area (Å²) in [5.74, 6) is 0.724. The number of benzene rings is 2. The van der Waals surface area contributed by atoms with Gasteiger partial charge in [-0.25, -0.2) is 4.39 Å². The Kier molecular flexibility index (Phi) is 5.06. The summed E-state index contributed by atoms with van der Waals surface area (Å²) in [4.78, 5) is 0. The molecule has 0 N–H and O–H groups in total. The van der Waals surface area contributed by atoms with Crippen LogP contribution in [-0.4, -0.2) is 0 Å². The highest BCUT2D eigenvalue weighted by Crippen LogP contribution is 2.31. The van der Waals surface area contributed by atoms with E-state index in [1.165, 1.54) is 6.07 Å². The molecule has 106 valence electrons. The fourth-order valence-electron chi connectivity index (χ4n) is 1.92. The van der Waals surface area contributed by atoms with E-state index in [4.69, 9.17) is 16.3 Å². The molecule has 2 aromatic rings. The minimum Gasteiger partial charge on any atom is -0.488 e. The monoisotopic (exact) mass is 356 g/mol. The Morgan fingerprint density at radius 3 is 2.65 bits per heavy atom. The van der Waals surface area contributed by atoms with Gasteiger partial charge in [-0.05, 0) is 41.8 Å². The van der Waals surface area contributed by atoms with E-state index >= 15 is 0 Å². The van der Waals surface area contributed by atoms with E-state index in [1.54, 1.807) is 12.1 Å². The molecule has 1 nitrogen and oxygen atoms in total. The first-order valence-electron chi connectivity index (χ1n) is 6.34. The SMILES string of the molecule is CC(C)c1cc(Br)ccc1OCc1c(F)cccc1Cl. The zero-order valence-corrected chi connectivity index (χ0v) is 13.6. The standard InChI is InChI=1S/C16H15BrClFO/c1-10(2)12-8-11(17)6-7-16(12)20-9-13-14(18)4-3-5-15(13)19/h3-8,10H,9H2,1-2H3. The van der Waals surface area contributed by atoms with Crippen LogP contribution in [-0.2, 0) is 6.61 Å². The largest absolute Gasteiger partial charge is 0.488 e. The van der Waals surface area contributed by atoms with Crippen molar-refractivity contribution in [2.45, 2.75) is 26.4 Å². The molecule has 0 spiro atoms. The number of halogens is 3. The Balaban J connectivity index is 2.23. The zero-order chi connectivity index (χ0) is 14.7. The minimum absolute atomic E-state index is 0.118. The van der Waals surface area contributed by atoms with Crippen LogP contribution in [0.25, 0.3) is 0 Å². The van der Waals surface area contributed by atoms with E-state index in [9.17, 15) is 4.39 Å². The third-order valence-corrected chi connectivity index (χ3v) is 3.87. The van der Waals surface area contributed by atoms with Crippen LogP contribution in [0.2, 0.25) is 5.02 Å². The van der Waals surface area contributed by atoms with Crippen molar-refractivity contribution in [1.82, 2.24) is 0 Å². The van der Waals surface area contributed by atoms with Gasteiger partial charge in [-0.1, -0.05) is 47.4 Å². The summed E-state index contributed by atoms with van der Waals surface area (Å²) in [6.45, 7) is 4.29. The molecule has 0 aliphatic rings. The fraction of sp³-hybridized carbons (Fsp3) is 0.250. The second-order valence-corrected chi connectivity index (χ2v) is 6.15. The smallest absolute Gasteiger partial charge is 0.131 e. The number of hydrogen-bond donors (Lipinski definition) is 0. The summed E-state index contributed by atoms with van der Waals surface area (Å²) in [5, 5.41) is 0.383. The van der Waals surface area contributed by atoms with E-state index < -0.39 is 0 Å². The molecule has 0 saturated carbocycles. The highest BCUT2D eigenvalue weighted by atomic mass is 79.9. The van der Waals surface area contributed by atoms with E-state index in [2.05, 4.69) is 29.8 Å². The van der Waals surface area contributed by atoms with Crippen molar-refractivity contribution in [1.29, 1.82) is 0 Å². The van der Waals surface area contributed by atoms with Gasteiger partial charge in [0, 0.05) is 10.0 Å². The molecule has 4 heteroatoms. The van der Waals surface area contributed by atoms with Gasteiger partial charge in [0.25, 0.3) is 0 Å². The average Bonchev–Trinajstić information content (AvgIpc) is 2.39. The lowest BCUT2D eigenvalue weighted by molar-refractivity contribution is 0.295. The summed E-state index contributed by atoms with van der Waals surface area (Å²) in [6.07, 6.45) is 0. The van der Waals surface area contributed by atoms with Crippen LogP contribution in [0.5, 0.6) is 5.75 Å². The maximum absolute atomic E-state index is 13.7. The van der Waals surface area contributed by atoms with Gasteiger partial charge in [0.15, 0.2) is 0 Å². The molecular weight excluding hydrogens is 343 g/mol. The van der Waals surface area contributed by atoms with Crippen LogP contribution in [0.15, 0.2) is 40.9 Å². The Labute approximate surface area is 131 Å². The molecule has 0 heterocycles. The van der Waals surface area contributed by atoms with Crippen molar-refractivity contribution in [2.75, 3.05) is 0 Å². The molecule has 0 saturated heterocycles. The van der Waals surface area contributed by atoms with Crippen LogP contribution >= 0.6 is 27.5 Å². The first-order chi connectivity index (χ1) is 9.49. The maximum atomic E-state index is 13.7. The Morgan fingerprint density at radius 2 is 2.00 bits per heavy atom. The lowest BCUT2D eigenvalue weighted by atomic mass is 10.0. The second kappa shape index (κ2) is 6.59. The normalized spacial score (nSPS) is 10.9. The van der Waals surface area contributed by atoms with E-state index in [-0.39, 0.29) is 12.4 Å². The van der Waals surface area contributed by atoms with Gasteiger partial charge < -0.3 is 4.74 Å². The van der Waals surface area contributed by atoms with Gasteiger partial charge in [-0.15, -0.1) is 0 Å². The van der Waals surface area contributed by atoms with Crippen molar-refractivity contribution in [3.63, 3.8) is 0 Å². The predicted molar refractivity (Wildman–Crippen MR) is 84.0 cm³/mol. The molecule has 0 unspecified atom stereocenters. The summed E-state index contributed by atoms with van der Waals surface area (Å²) >= 11 is 9.44. The molecule has 0 bridgehead atoms. The topological polar surface area (TPSA) is 9.23 Å². The van der Waals surface area contributed by atoms with Gasteiger partial charge >= 0.3 is 0 Å². The number of ether oxygens (including phenoxy) is 1. The third-order valence-electron chi connectivity index (χ3n) is 3.03. The van der Waals surface area contributed by atoms with Crippen LogP contribution in [0.3, 0.4) is 0 Å². The highest BCUT2D eigenvalue weighted by molar-refractivity contribution is 9.10. The quantitative estimate of drug-likeness (QED) is 0.657. The Bertz CT molecular complexity index is 593. The molecule has 0 aromatic heterocycles. The minimum atomic E-state index is -0.347. The van der Waals surface area contributed by atoms with Gasteiger partial charge in [0.05, 0.1) is 5.02 Å². The Hall–Kier alpha value is -1.06. The van der Waals surface area contributed by atoms with Gasteiger partial charge in [-0.2, -0.15) is 0 Å². The van der Waals surface area contributed by atoms with Crippen molar-refractivity contribution >= 4 is 27.5 Å². The lowest BCUT2D eigenvalue weighted by Crippen LogP contribution is -2.02. The van der Waals surface area contributed by atoms with Gasteiger partial charge in [0.2, 0.25) is 0 Å². The second-order valence-electron chi connectivity index (χ2n) is 4.83. The summed E-state index contributed by atoms with van der Waals surface area (Å²) in [6, 6.07) is 10.4. The van der Waals surface area contributed by atoms with Crippen LogP contribution in [0.1, 0.15) is 30.9 Å². The van der Waals surface area contributed by atoms with Crippen molar-refractivity contribution in [3.05, 3.63) is 62.8 Å². The average molecular weight is 358 g/mol. The fourth-order valence-corrected chi connectivity index (χ4v) is 2.52. The summed E-state index contributed by atoms with van der Waals surface area (Å²) < 4.78 is 20.5. The molecule has 2 aromatic carbocycles. The zero-order valence-electron chi connectivity index (χ0n) is 11.3. The van der Waals surface area contributed by atoms with Gasteiger partial charge in [0.1, 0.15) is 18.2 Å². The molecule has 2 rings (SSSR count). The van der Waals surface area contributed by atoms with Crippen molar-refractivity contribution in [3.8, 4) is 5.75 Å². The molecular formula is C16H15BrClFO. The summed E-state index contributed by atoms with van der Waals surface area (Å²) in [7, 11) is 0. The summed E-state index contributed by atoms with van der Waals surface area (Å²) in [5.41, 5.74) is 1.46. The number of rotatable bonds is 4. The molecule has 0 fully saturated rings. The highest BCUT2D eigenvalue weighted by Gasteiger charge is 2.11. The Morgan fingerprint density at radius 1 is 1.25 bits per heavy atom. The first kappa shape index (κ1) is 15.3. The molecule has 0 amide bonds. The first-order valence-corrected chi connectivity index (χ1v) is 7.51. The van der Waals surface area contributed by atoms with Crippen LogP contribution in [0, 0.1) is 5.82 Å². The van der Waals surface area contributed by atoms with E-state index in [0.29, 0.717) is 16.5 Å². The van der Waals surface area contributed by atoms with Gasteiger partial charge in [-0.3, -0.25) is 0 Å². The lowest BCUT2D eigenvalue weighted by Gasteiger charge is -2.15. The molecule has 0 radical (unpaired) electrons. The van der Waals surface area contributed by atoms with Crippen LogP contribution < -0.4 is 4.74 Å². The predicted octanol–water partition coefficient (Wildman–Crippen LogP) is 5.94. The molecule has 0 aliphatic carbocycles. The number of hydrogen-bond acceptors (Lipinski definition) is 1. The molecule has 0 aliphatic heterocycles. The third kappa shape index (κ3) is 3.53. The van der Waals surface area contributed by atoms with Crippen LogP contribution in [0.4, 0.5) is 4.39 Å². The molecule has 20 heavy (non-hydrogen) atoms. The maximum Gasteiger partial charge on any atom is 0.131 e. The van der Waals surface area contributed by atoms with E-state index in [0.717, 1.165) is 15.8 Å².